The van der Waals surface area contributed by atoms with Crippen LogP contribution in [0, 0.1) is 12.3 Å². The number of rotatable bonds is 5. The highest BCUT2D eigenvalue weighted by molar-refractivity contribution is 5.17. The zero-order valence-electron chi connectivity index (χ0n) is 9.16. The minimum absolute atomic E-state index is 0.132. The summed E-state index contributed by atoms with van der Waals surface area (Å²) < 4.78 is 4.97. The molecule has 0 saturated heterocycles. The number of pyridine rings is 1. The second-order valence-corrected chi connectivity index (χ2v) is 3.22. The van der Waals surface area contributed by atoms with Gasteiger partial charge in [0.05, 0.1) is 13.2 Å². The van der Waals surface area contributed by atoms with Crippen LogP contribution in [-0.2, 0) is 6.54 Å². The fourth-order valence-electron chi connectivity index (χ4n) is 1.20. The van der Waals surface area contributed by atoms with Crippen LogP contribution in [0.15, 0.2) is 18.3 Å². The molecular weight excluding hydrogens is 188 g/mol. The summed E-state index contributed by atoms with van der Waals surface area (Å²) in [6.07, 6.45) is 8.06. The van der Waals surface area contributed by atoms with Crippen molar-refractivity contribution < 1.29 is 4.74 Å². The smallest absolute Gasteiger partial charge is 0.212 e. The predicted octanol–water partition coefficient (Wildman–Crippen LogP) is 1.59. The molecule has 0 aromatic carbocycles. The van der Waals surface area contributed by atoms with Crippen LogP contribution in [-0.4, -0.2) is 18.1 Å². The van der Waals surface area contributed by atoms with Crippen molar-refractivity contribution >= 4 is 0 Å². The molecule has 0 aliphatic heterocycles. The summed E-state index contributed by atoms with van der Waals surface area (Å²) >= 11 is 0. The zero-order valence-corrected chi connectivity index (χ0v) is 9.16. The molecular formula is C12H16N2O. The minimum atomic E-state index is 0.132. The molecule has 0 aliphatic rings. The normalized spacial score (nSPS) is 11.8. The van der Waals surface area contributed by atoms with Gasteiger partial charge >= 0.3 is 0 Å². The lowest BCUT2D eigenvalue weighted by Gasteiger charge is -2.10. The summed E-state index contributed by atoms with van der Waals surface area (Å²) in [4.78, 5) is 4.11. The number of methoxy groups -OCH3 is 1. The van der Waals surface area contributed by atoms with Crippen LogP contribution in [0.1, 0.15) is 18.9 Å². The first kappa shape index (κ1) is 11.5. The average Bonchev–Trinajstić information content (AvgIpc) is 2.31. The third-order valence-electron chi connectivity index (χ3n) is 2.17. The maximum atomic E-state index is 5.34. The predicted molar refractivity (Wildman–Crippen MR) is 60.5 cm³/mol. The number of aromatic nitrogens is 1. The van der Waals surface area contributed by atoms with Crippen LogP contribution in [0.3, 0.4) is 0 Å². The Kier molecular flexibility index (Phi) is 4.65. The van der Waals surface area contributed by atoms with Gasteiger partial charge in [0, 0.05) is 18.8 Å². The average molecular weight is 204 g/mol. The van der Waals surface area contributed by atoms with Crippen molar-refractivity contribution in [3.8, 4) is 18.2 Å². The molecule has 0 fully saturated rings. The van der Waals surface area contributed by atoms with Crippen molar-refractivity contribution in [1.82, 2.24) is 10.3 Å². The number of nitrogens with zero attached hydrogens (tertiary/aromatic N) is 1. The van der Waals surface area contributed by atoms with Crippen molar-refractivity contribution in [3.05, 3.63) is 23.9 Å². The summed E-state index contributed by atoms with van der Waals surface area (Å²) in [6.45, 7) is 2.80. The van der Waals surface area contributed by atoms with Crippen molar-refractivity contribution in [2.45, 2.75) is 25.9 Å². The SMILES string of the molecule is C#CC(CC)NCc1ccc(OC)nc1. The molecule has 1 N–H and O–H groups in total. The Morgan fingerprint density at radius 3 is 2.87 bits per heavy atom. The molecule has 80 valence electrons. The molecule has 3 nitrogen and oxygen atoms in total. The Morgan fingerprint density at radius 2 is 2.40 bits per heavy atom. The maximum Gasteiger partial charge on any atom is 0.212 e. The van der Waals surface area contributed by atoms with E-state index in [0.29, 0.717) is 5.88 Å². The van der Waals surface area contributed by atoms with E-state index in [9.17, 15) is 0 Å². The summed E-state index contributed by atoms with van der Waals surface area (Å²) in [5.41, 5.74) is 1.10. The zero-order chi connectivity index (χ0) is 11.1. The van der Waals surface area contributed by atoms with Gasteiger partial charge in [-0.2, -0.15) is 0 Å². The van der Waals surface area contributed by atoms with Crippen molar-refractivity contribution in [2.24, 2.45) is 0 Å². The van der Waals surface area contributed by atoms with Gasteiger partial charge in [0.25, 0.3) is 0 Å². The first-order valence-electron chi connectivity index (χ1n) is 4.98. The second kappa shape index (κ2) is 6.05. The molecule has 0 bridgehead atoms. The monoisotopic (exact) mass is 204 g/mol. The third-order valence-corrected chi connectivity index (χ3v) is 2.17. The molecule has 0 spiro atoms. The second-order valence-electron chi connectivity index (χ2n) is 3.22. The lowest BCUT2D eigenvalue weighted by molar-refractivity contribution is 0.397. The van der Waals surface area contributed by atoms with Gasteiger partial charge in [-0.15, -0.1) is 6.42 Å². The fourth-order valence-corrected chi connectivity index (χ4v) is 1.20. The van der Waals surface area contributed by atoms with Crippen LogP contribution in [0.4, 0.5) is 0 Å². The van der Waals surface area contributed by atoms with E-state index in [-0.39, 0.29) is 6.04 Å². The summed E-state index contributed by atoms with van der Waals surface area (Å²) in [6, 6.07) is 3.95. The molecule has 0 saturated carbocycles. The van der Waals surface area contributed by atoms with Gasteiger partial charge in [0.2, 0.25) is 5.88 Å². The van der Waals surface area contributed by atoms with Crippen LogP contribution >= 0.6 is 0 Å². The third kappa shape index (κ3) is 3.61. The Labute approximate surface area is 90.9 Å². The van der Waals surface area contributed by atoms with Gasteiger partial charge in [0.1, 0.15) is 0 Å². The summed E-state index contributed by atoms with van der Waals surface area (Å²) in [5.74, 6) is 3.32. The van der Waals surface area contributed by atoms with E-state index in [4.69, 9.17) is 11.2 Å². The maximum absolute atomic E-state index is 5.34. The molecule has 0 radical (unpaired) electrons. The number of ether oxygens (including phenoxy) is 1. The van der Waals surface area contributed by atoms with E-state index in [1.807, 2.05) is 12.1 Å². The van der Waals surface area contributed by atoms with Crippen LogP contribution in [0.5, 0.6) is 5.88 Å². The molecule has 1 unspecified atom stereocenters. The van der Waals surface area contributed by atoms with Gasteiger partial charge in [-0.3, -0.25) is 5.32 Å². The number of nitrogens with one attached hydrogen (secondary N) is 1. The Bertz CT molecular complexity index is 326. The molecule has 0 amide bonds. The number of hydrogen-bond acceptors (Lipinski definition) is 3. The Morgan fingerprint density at radius 1 is 1.60 bits per heavy atom. The molecule has 1 rings (SSSR count). The molecule has 1 heterocycles. The van der Waals surface area contributed by atoms with Gasteiger partial charge in [-0.25, -0.2) is 4.98 Å². The highest BCUT2D eigenvalue weighted by Gasteiger charge is 2.01. The van der Waals surface area contributed by atoms with E-state index in [1.165, 1.54) is 0 Å². The number of terminal acetylenes is 1. The quantitative estimate of drug-likeness (QED) is 0.740. The molecule has 15 heavy (non-hydrogen) atoms. The standard InChI is InChI=1S/C12H16N2O/c1-4-11(5-2)13-8-10-6-7-12(15-3)14-9-10/h1,6-7,9,11,13H,5,8H2,2-3H3. The van der Waals surface area contributed by atoms with Gasteiger partial charge in [0.15, 0.2) is 0 Å². The highest BCUT2D eigenvalue weighted by atomic mass is 16.5. The van der Waals surface area contributed by atoms with Crippen molar-refractivity contribution in [1.29, 1.82) is 0 Å². The Hall–Kier alpha value is -1.53. The van der Waals surface area contributed by atoms with Crippen LogP contribution < -0.4 is 10.1 Å². The first-order valence-corrected chi connectivity index (χ1v) is 4.98. The molecule has 3 heteroatoms. The van der Waals surface area contributed by atoms with E-state index >= 15 is 0 Å². The molecule has 1 aromatic heterocycles. The minimum Gasteiger partial charge on any atom is -0.481 e. The highest BCUT2D eigenvalue weighted by Crippen LogP contribution is 2.06. The van der Waals surface area contributed by atoms with Crippen LogP contribution in [0.25, 0.3) is 0 Å². The summed E-state index contributed by atoms with van der Waals surface area (Å²) in [5, 5.41) is 3.26. The molecule has 1 atom stereocenters. The van der Waals surface area contributed by atoms with Gasteiger partial charge in [-0.1, -0.05) is 18.9 Å². The molecule has 0 aliphatic carbocycles. The van der Waals surface area contributed by atoms with Crippen molar-refractivity contribution in [3.63, 3.8) is 0 Å². The van der Waals surface area contributed by atoms with Crippen LogP contribution in [0.2, 0.25) is 0 Å². The first-order chi connectivity index (χ1) is 7.30. The van der Waals surface area contributed by atoms with Gasteiger partial charge < -0.3 is 4.74 Å². The van der Waals surface area contributed by atoms with E-state index in [0.717, 1.165) is 18.5 Å². The van der Waals surface area contributed by atoms with E-state index in [1.54, 1.807) is 13.3 Å². The topological polar surface area (TPSA) is 34.1 Å². The lowest BCUT2D eigenvalue weighted by atomic mass is 10.2. The fraction of sp³-hybridized carbons (Fsp3) is 0.417. The number of hydrogen-bond donors (Lipinski definition) is 1. The lowest BCUT2D eigenvalue weighted by Crippen LogP contribution is -2.26. The van der Waals surface area contributed by atoms with Crippen molar-refractivity contribution in [2.75, 3.05) is 7.11 Å². The van der Waals surface area contributed by atoms with Gasteiger partial charge in [-0.05, 0) is 12.0 Å². The van der Waals surface area contributed by atoms with E-state index in [2.05, 4.69) is 23.1 Å². The Balaban J connectivity index is 2.48. The summed E-state index contributed by atoms with van der Waals surface area (Å²) in [7, 11) is 1.60. The molecule has 1 aromatic rings. The van der Waals surface area contributed by atoms with E-state index < -0.39 is 0 Å². The largest absolute Gasteiger partial charge is 0.481 e.